The third-order valence-corrected chi connectivity index (χ3v) is 2.92. The van der Waals surface area contributed by atoms with E-state index in [1.54, 1.807) is 24.0 Å². The summed E-state index contributed by atoms with van der Waals surface area (Å²) in [5.41, 5.74) is -0.281. The molecule has 102 valence electrons. The van der Waals surface area contributed by atoms with Crippen molar-refractivity contribution in [2.45, 2.75) is 18.7 Å². The predicted molar refractivity (Wildman–Crippen MR) is 63.3 cm³/mol. The average Bonchev–Trinajstić information content (AvgIpc) is 2.74. The van der Waals surface area contributed by atoms with Gasteiger partial charge in [-0.05, 0) is 17.7 Å². The van der Waals surface area contributed by atoms with Crippen LogP contribution in [-0.4, -0.2) is 14.7 Å². The number of aliphatic hydroxyl groups is 1. The first-order valence-electron chi connectivity index (χ1n) is 5.69. The van der Waals surface area contributed by atoms with E-state index in [1.807, 2.05) is 0 Å². The van der Waals surface area contributed by atoms with Crippen LogP contribution in [0, 0.1) is 0 Å². The van der Waals surface area contributed by atoms with Crippen LogP contribution in [0.25, 0.3) is 0 Å². The van der Waals surface area contributed by atoms with Gasteiger partial charge < -0.3 is 9.67 Å². The lowest BCUT2D eigenvalue weighted by atomic mass is 10.0. The van der Waals surface area contributed by atoms with Crippen molar-refractivity contribution in [1.29, 1.82) is 0 Å². The van der Waals surface area contributed by atoms with E-state index in [2.05, 4.69) is 4.98 Å². The van der Waals surface area contributed by atoms with Crippen LogP contribution in [0.2, 0.25) is 0 Å². The normalized spacial score (nSPS) is 13.5. The van der Waals surface area contributed by atoms with Crippen LogP contribution < -0.4 is 0 Å². The molecule has 3 nitrogen and oxygen atoms in total. The number of imidazole rings is 1. The highest BCUT2D eigenvalue weighted by Crippen LogP contribution is 2.30. The smallest absolute Gasteiger partial charge is 0.388 e. The summed E-state index contributed by atoms with van der Waals surface area (Å²) in [5.74, 6) is 0.674. The van der Waals surface area contributed by atoms with Crippen molar-refractivity contribution in [3.05, 3.63) is 53.6 Å². The van der Waals surface area contributed by atoms with Gasteiger partial charge in [-0.15, -0.1) is 0 Å². The third kappa shape index (κ3) is 3.14. The molecule has 0 amide bonds. The average molecular weight is 270 g/mol. The Bertz CT molecular complexity index is 546. The van der Waals surface area contributed by atoms with Crippen LogP contribution in [0.1, 0.15) is 23.1 Å². The second-order valence-corrected chi connectivity index (χ2v) is 4.29. The molecule has 2 rings (SSSR count). The van der Waals surface area contributed by atoms with Gasteiger partial charge in [-0.25, -0.2) is 4.98 Å². The molecule has 0 spiro atoms. The van der Waals surface area contributed by atoms with Crippen LogP contribution in [0.5, 0.6) is 0 Å². The van der Waals surface area contributed by atoms with E-state index < -0.39 is 17.8 Å². The van der Waals surface area contributed by atoms with Gasteiger partial charge in [0, 0.05) is 25.9 Å². The zero-order chi connectivity index (χ0) is 14.0. The fourth-order valence-corrected chi connectivity index (χ4v) is 1.78. The molecule has 0 aliphatic rings. The Labute approximate surface area is 108 Å². The molecule has 1 atom stereocenters. The lowest BCUT2D eigenvalue weighted by molar-refractivity contribution is -0.137. The highest BCUT2D eigenvalue weighted by Gasteiger charge is 2.30. The van der Waals surface area contributed by atoms with Gasteiger partial charge in [0.1, 0.15) is 5.82 Å². The van der Waals surface area contributed by atoms with Crippen LogP contribution in [0.15, 0.2) is 36.7 Å². The number of benzene rings is 1. The molecule has 1 aromatic heterocycles. The van der Waals surface area contributed by atoms with Crippen LogP contribution in [-0.2, 0) is 19.6 Å². The summed E-state index contributed by atoms with van der Waals surface area (Å²) in [6.07, 6.45) is -1.62. The van der Waals surface area contributed by atoms with Gasteiger partial charge in [-0.1, -0.05) is 12.1 Å². The van der Waals surface area contributed by atoms with Crippen molar-refractivity contribution in [1.82, 2.24) is 9.55 Å². The number of aliphatic hydroxyl groups excluding tert-OH is 1. The Hall–Kier alpha value is -1.82. The minimum absolute atomic E-state index is 0.259. The number of aromatic nitrogens is 2. The molecule has 1 unspecified atom stereocenters. The largest absolute Gasteiger partial charge is 0.416 e. The first kappa shape index (κ1) is 13.6. The maximum Gasteiger partial charge on any atom is 0.416 e. The molecule has 0 bridgehead atoms. The van der Waals surface area contributed by atoms with E-state index in [0.29, 0.717) is 11.4 Å². The molecule has 1 aromatic carbocycles. The molecule has 1 heterocycles. The van der Waals surface area contributed by atoms with Crippen molar-refractivity contribution in [2.75, 3.05) is 0 Å². The summed E-state index contributed by atoms with van der Waals surface area (Å²) in [5, 5.41) is 9.98. The molecule has 0 saturated carbocycles. The van der Waals surface area contributed by atoms with Crippen molar-refractivity contribution < 1.29 is 18.3 Å². The van der Waals surface area contributed by atoms with Crippen molar-refractivity contribution in [3.63, 3.8) is 0 Å². The van der Waals surface area contributed by atoms with E-state index in [9.17, 15) is 18.3 Å². The number of halogens is 3. The lowest BCUT2D eigenvalue weighted by Crippen LogP contribution is -2.08. The molecule has 2 aromatic rings. The van der Waals surface area contributed by atoms with E-state index in [1.165, 1.54) is 12.1 Å². The van der Waals surface area contributed by atoms with Gasteiger partial charge in [0.25, 0.3) is 0 Å². The Morgan fingerprint density at radius 2 is 1.89 bits per heavy atom. The topological polar surface area (TPSA) is 38.0 Å². The Morgan fingerprint density at radius 1 is 1.26 bits per heavy atom. The SMILES string of the molecule is Cn1ccnc1CC(O)c1ccc(C(F)(F)F)cc1. The highest BCUT2D eigenvalue weighted by atomic mass is 19.4. The molecule has 0 saturated heterocycles. The second kappa shape index (κ2) is 5.05. The van der Waals surface area contributed by atoms with Gasteiger partial charge in [0.2, 0.25) is 0 Å². The summed E-state index contributed by atoms with van der Waals surface area (Å²) >= 11 is 0. The molecular weight excluding hydrogens is 257 g/mol. The van der Waals surface area contributed by atoms with Crippen LogP contribution in [0.3, 0.4) is 0 Å². The minimum atomic E-state index is -4.36. The van der Waals surface area contributed by atoms with Gasteiger partial charge in [-0.2, -0.15) is 13.2 Å². The minimum Gasteiger partial charge on any atom is -0.388 e. The monoisotopic (exact) mass is 270 g/mol. The molecule has 6 heteroatoms. The van der Waals surface area contributed by atoms with E-state index in [0.717, 1.165) is 12.1 Å². The molecule has 19 heavy (non-hydrogen) atoms. The van der Waals surface area contributed by atoms with Crippen molar-refractivity contribution in [2.24, 2.45) is 7.05 Å². The standard InChI is InChI=1S/C13H13F3N2O/c1-18-7-6-17-12(18)8-11(19)9-2-4-10(5-3-9)13(14,15)16/h2-7,11,19H,8H2,1H3. The fraction of sp³-hybridized carbons (Fsp3) is 0.308. The summed E-state index contributed by atoms with van der Waals surface area (Å²) in [7, 11) is 1.79. The van der Waals surface area contributed by atoms with Crippen molar-refractivity contribution >= 4 is 0 Å². The quantitative estimate of drug-likeness (QED) is 0.931. The summed E-state index contributed by atoms with van der Waals surface area (Å²) in [4.78, 5) is 4.06. The number of alkyl halides is 3. The van der Waals surface area contributed by atoms with Gasteiger partial charge in [0.15, 0.2) is 0 Å². The Morgan fingerprint density at radius 3 is 2.37 bits per heavy atom. The van der Waals surface area contributed by atoms with Gasteiger partial charge in [-0.3, -0.25) is 0 Å². The Balaban J connectivity index is 2.12. The van der Waals surface area contributed by atoms with E-state index >= 15 is 0 Å². The summed E-state index contributed by atoms with van der Waals surface area (Å²) in [6.45, 7) is 0. The zero-order valence-electron chi connectivity index (χ0n) is 10.2. The molecular formula is C13H13F3N2O. The summed E-state index contributed by atoms with van der Waals surface area (Å²) < 4.78 is 39.0. The maximum atomic E-state index is 12.4. The highest BCUT2D eigenvalue weighted by molar-refractivity contribution is 5.26. The second-order valence-electron chi connectivity index (χ2n) is 4.29. The Kier molecular flexibility index (Phi) is 3.61. The fourth-order valence-electron chi connectivity index (χ4n) is 1.78. The lowest BCUT2D eigenvalue weighted by Gasteiger charge is -2.12. The number of aryl methyl sites for hydroxylation is 1. The van der Waals surface area contributed by atoms with Crippen LogP contribution >= 0.6 is 0 Å². The number of nitrogens with zero attached hydrogens (tertiary/aromatic N) is 2. The first-order valence-corrected chi connectivity index (χ1v) is 5.69. The number of hydrogen-bond acceptors (Lipinski definition) is 2. The van der Waals surface area contributed by atoms with E-state index in [4.69, 9.17) is 0 Å². The zero-order valence-corrected chi connectivity index (χ0v) is 10.2. The number of rotatable bonds is 3. The van der Waals surface area contributed by atoms with Gasteiger partial charge in [0.05, 0.1) is 11.7 Å². The number of hydrogen-bond donors (Lipinski definition) is 1. The van der Waals surface area contributed by atoms with Crippen molar-refractivity contribution in [3.8, 4) is 0 Å². The van der Waals surface area contributed by atoms with Crippen LogP contribution in [0.4, 0.5) is 13.2 Å². The first-order chi connectivity index (χ1) is 8.88. The molecule has 0 radical (unpaired) electrons. The third-order valence-electron chi connectivity index (χ3n) is 2.92. The van der Waals surface area contributed by atoms with E-state index in [-0.39, 0.29) is 6.42 Å². The molecule has 0 aliphatic carbocycles. The van der Waals surface area contributed by atoms with Gasteiger partial charge >= 0.3 is 6.18 Å². The molecule has 0 fully saturated rings. The predicted octanol–water partition coefficient (Wildman–Crippen LogP) is 2.72. The maximum absolute atomic E-state index is 12.4. The molecule has 0 aliphatic heterocycles. The molecule has 1 N–H and O–H groups in total. The summed E-state index contributed by atoms with van der Waals surface area (Å²) in [6, 6.07) is 4.51.